The average Bonchev–Trinajstić information content (AvgIpc) is 2.78. The highest BCUT2D eigenvalue weighted by Gasteiger charge is 2.22. The number of hydrogen-bond acceptors (Lipinski definition) is 4. The van der Waals surface area contributed by atoms with Crippen molar-refractivity contribution in [2.24, 2.45) is 0 Å². The molecule has 1 amide bonds. The molecule has 5 heteroatoms. The number of fused-ring (bicyclic) bond motifs is 1. The molecule has 0 saturated carbocycles. The Bertz CT molecular complexity index is 598. The fraction of sp³-hybridized carbons (Fsp3) is 0.467. The summed E-state index contributed by atoms with van der Waals surface area (Å²) in [5, 5.41) is 14.7. The van der Waals surface area contributed by atoms with E-state index in [-0.39, 0.29) is 12.3 Å². The van der Waals surface area contributed by atoms with E-state index in [9.17, 15) is 9.90 Å². The molecule has 20 heavy (non-hydrogen) atoms. The Balaban J connectivity index is 2.14. The highest BCUT2D eigenvalue weighted by Crippen LogP contribution is 2.19. The fourth-order valence-corrected chi connectivity index (χ4v) is 2.16. The molecule has 2 rings (SSSR count). The summed E-state index contributed by atoms with van der Waals surface area (Å²) in [6.45, 7) is 6.13. The maximum atomic E-state index is 12.3. The molecule has 1 heterocycles. The first-order valence-electron chi connectivity index (χ1n) is 6.74. The fourth-order valence-electron chi connectivity index (χ4n) is 2.16. The maximum Gasteiger partial charge on any atom is 0.228 e. The van der Waals surface area contributed by atoms with E-state index in [1.807, 2.05) is 31.2 Å². The molecular formula is C15H20N2O3. The number of amides is 1. The molecule has 0 aliphatic heterocycles. The first kappa shape index (κ1) is 14.5. The van der Waals surface area contributed by atoms with Crippen LogP contribution in [0.2, 0.25) is 0 Å². The molecule has 0 unspecified atom stereocenters. The largest absolute Gasteiger partial charge is 0.389 e. The lowest BCUT2D eigenvalue weighted by molar-refractivity contribution is -0.133. The second-order valence-electron chi connectivity index (χ2n) is 5.52. The molecule has 0 fully saturated rings. The Morgan fingerprint density at radius 1 is 1.40 bits per heavy atom. The van der Waals surface area contributed by atoms with E-state index in [0.717, 1.165) is 5.39 Å². The normalized spacial score (nSPS) is 11.8. The predicted molar refractivity (Wildman–Crippen MR) is 76.3 cm³/mol. The first-order valence-corrected chi connectivity index (χ1v) is 6.74. The van der Waals surface area contributed by atoms with Crippen molar-refractivity contribution in [2.45, 2.75) is 32.8 Å². The first-order chi connectivity index (χ1) is 9.40. The lowest BCUT2D eigenvalue weighted by atomic mass is 10.1. The van der Waals surface area contributed by atoms with E-state index < -0.39 is 5.60 Å². The van der Waals surface area contributed by atoms with Crippen molar-refractivity contribution in [3.63, 3.8) is 0 Å². The Hall–Kier alpha value is -1.88. The third kappa shape index (κ3) is 3.36. The maximum absolute atomic E-state index is 12.3. The van der Waals surface area contributed by atoms with Crippen molar-refractivity contribution in [3.8, 4) is 0 Å². The standard InChI is InChI=1S/C15H20N2O3/c1-4-17(10-15(2,3)19)14(18)9-12-11-7-5-6-8-13(11)20-16-12/h5-8,19H,4,9-10H2,1-3H3. The SMILES string of the molecule is CCN(CC(C)(C)O)C(=O)Cc1noc2ccccc12. The van der Waals surface area contributed by atoms with Gasteiger partial charge in [-0.25, -0.2) is 0 Å². The van der Waals surface area contributed by atoms with Gasteiger partial charge in [-0.15, -0.1) is 0 Å². The number of carbonyl (C=O) groups excluding carboxylic acids is 1. The van der Waals surface area contributed by atoms with E-state index >= 15 is 0 Å². The van der Waals surface area contributed by atoms with Crippen molar-refractivity contribution >= 4 is 16.9 Å². The van der Waals surface area contributed by atoms with Gasteiger partial charge in [-0.3, -0.25) is 4.79 Å². The summed E-state index contributed by atoms with van der Waals surface area (Å²) >= 11 is 0. The van der Waals surface area contributed by atoms with Crippen LogP contribution in [0.25, 0.3) is 11.0 Å². The molecule has 0 bridgehead atoms. The van der Waals surface area contributed by atoms with Gasteiger partial charge in [-0.1, -0.05) is 17.3 Å². The van der Waals surface area contributed by atoms with Crippen LogP contribution in [-0.4, -0.2) is 39.8 Å². The van der Waals surface area contributed by atoms with Gasteiger partial charge in [0.05, 0.1) is 12.0 Å². The molecule has 0 spiro atoms. The molecule has 0 saturated heterocycles. The molecule has 108 valence electrons. The van der Waals surface area contributed by atoms with Crippen LogP contribution in [0, 0.1) is 0 Å². The highest BCUT2D eigenvalue weighted by atomic mass is 16.5. The zero-order valence-corrected chi connectivity index (χ0v) is 12.1. The summed E-state index contributed by atoms with van der Waals surface area (Å²) < 4.78 is 5.19. The van der Waals surface area contributed by atoms with E-state index in [4.69, 9.17) is 4.52 Å². The second kappa shape index (κ2) is 5.63. The minimum Gasteiger partial charge on any atom is -0.389 e. The number of rotatable bonds is 5. The smallest absolute Gasteiger partial charge is 0.228 e. The highest BCUT2D eigenvalue weighted by molar-refractivity contribution is 5.86. The quantitative estimate of drug-likeness (QED) is 0.907. The van der Waals surface area contributed by atoms with E-state index in [2.05, 4.69) is 5.16 Å². The number of carbonyl (C=O) groups is 1. The minimum absolute atomic E-state index is 0.0614. The lowest BCUT2D eigenvalue weighted by Gasteiger charge is -2.27. The van der Waals surface area contributed by atoms with Gasteiger partial charge in [0.25, 0.3) is 0 Å². The molecule has 1 aromatic carbocycles. The van der Waals surface area contributed by atoms with Crippen molar-refractivity contribution in [3.05, 3.63) is 30.0 Å². The summed E-state index contributed by atoms with van der Waals surface area (Å²) in [5.41, 5.74) is 0.415. The molecule has 0 aliphatic rings. The van der Waals surface area contributed by atoms with E-state index in [0.29, 0.717) is 24.4 Å². The average molecular weight is 276 g/mol. The number of hydrogen-bond donors (Lipinski definition) is 1. The van der Waals surface area contributed by atoms with Crippen molar-refractivity contribution in [1.82, 2.24) is 10.1 Å². The molecular weight excluding hydrogens is 256 g/mol. The van der Waals surface area contributed by atoms with Crippen LogP contribution in [0.1, 0.15) is 26.5 Å². The summed E-state index contributed by atoms with van der Waals surface area (Å²) in [6.07, 6.45) is 0.181. The topological polar surface area (TPSA) is 66.6 Å². The zero-order chi connectivity index (χ0) is 14.8. The van der Waals surface area contributed by atoms with Crippen LogP contribution in [0.3, 0.4) is 0 Å². The van der Waals surface area contributed by atoms with Gasteiger partial charge in [0, 0.05) is 18.5 Å². The molecule has 0 atom stereocenters. The Kier molecular flexibility index (Phi) is 4.09. The van der Waals surface area contributed by atoms with Gasteiger partial charge in [-0.2, -0.15) is 0 Å². The minimum atomic E-state index is -0.905. The molecule has 0 radical (unpaired) electrons. The van der Waals surface area contributed by atoms with Crippen molar-refractivity contribution in [1.29, 1.82) is 0 Å². The van der Waals surface area contributed by atoms with Crippen LogP contribution in [-0.2, 0) is 11.2 Å². The lowest BCUT2D eigenvalue weighted by Crippen LogP contribution is -2.42. The van der Waals surface area contributed by atoms with Crippen LogP contribution in [0.15, 0.2) is 28.8 Å². The molecule has 5 nitrogen and oxygen atoms in total. The zero-order valence-electron chi connectivity index (χ0n) is 12.1. The van der Waals surface area contributed by atoms with Gasteiger partial charge in [-0.05, 0) is 32.9 Å². The number of benzene rings is 1. The van der Waals surface area contributed by atoms with Crippen molar-refractivity contribution < 1.29 is 14.4 Å². The van der Waals surface area contributed by atoms with Gasteiger partial charge in [0.1, 0.15) is 5.69 Å². The molecule has 1 aromatic heterocycles. The molecule has 1 N–H and O–H groups in total. The van der Waals surface area contributed by atoms with Gasteiger partial charge >= 0.3 is 0 Å². The Morgan fingerprint density at radius 3 is 2.75 bits per heavy atom. The molecule has 2 aromatic rings. The molecule has 0 aliphatic carbocycles. The summed E-state index contributed by atoms with van der Waals surface area (Å²) in [7, 11) is 0. The van der Waals surface area contributed by atoms with Gasteiger partial charge < -0.3 is 14.5 Å². The number of aliphatic hydroxyl groups is 1. The summed E-state index contributed by atoms with van der Waals surface area (Å²) in [4.78, 5) is 13.9. The van der Waals surface area contributed by atoms with E-state index in [1.54, 1.807) is 18.7 Å². The van der Waals surface area contributed by atoms with Crippen LogP contribution in [0.4, 0.5) is 0 Å². The van der Waals surface area contributed by atoms with E-state index in [1.165, 1.54) is 0 Å². The number of nitrogens with zero attached hydrogens (tertiary/aromatic N) is 2. The van der Waals surface area contributed by atoms with Crippen LogP contribution < -0.4 is 0 Å². The third-order valence-electron chi connectivity index (χ3n) is 3.08. The van der Waals surface area contributed by atoms with Crippen molar-refractivity contribution in [2.75, 3.05) is 13.1 Å². The van der Waals surface area contributed by atoms with Crippen LogP contribution in [0.5, 0.6) is 0 Å². The number of likely N-dealkylation sites (N-methyl/N-ethyl adjacent to an activating group) is 1. The summed E-state index contributed by atoms with van der Waals surface area (Å²) in [6, 6.07) is 7.47. The van der Waals surface area contributed by atoms with Crippen LogP contribution >= 0.6 is 0 Å². The Labute approximate surface area is 118 Å². The third-order valence-corrected chi connectivity index (χ3v) is 3.08. The number of aromatic nitrogens is 1. The van der Waals surface area contributed by atoms with Gasteiger partial charge in [0.15, 0.2) is 5.58 Å². The predicted octanol–water partition coefficient (Wildman–Crippen LogP) is 1.99. The Morgan fingerprint density at radius 2 is 2.10 bits per heavy atom. The monoisotopic (exact) mass is 276 g/mol. The second-order valence-corrected chi connectivity index (χ2v) is 5.52. The summed E-state index contributed by atoms with van der Waals surface area (Å²) in [5.74, 6) is -0.0614. The number of para-hydroxylation sites is 1. The van der Waals surface area contributed by atoms with Gasteiger partial charge in [0.2, 0.25) is 5.91 Å².